The van der Waals surface area contributed by atoms with Gasteiger partial charge in [0.05, 0.1) is 0 Å². The van der Waals surface area contributed by atoms with Crippen LogP contribution >= 0.6 is 19.4 Å². The molecule has 0 aliphatic carbocycles. The molecular formula is C14H14ClO4P. The molecule has 0 spiro atoms. The number of phosphoric acid groups is 1. The standard InChI is InChI=1S/C14H14ClO4P/c15-11-10-12-6-4-5-9-14(12)19-20(16,17)18-13-7-2-1-3-8-13/h1-9H,10-11H2,(H,16,17). The number of rotatable bonds is 6. The zero-order valence-corrected chi connectivity index (χ0v) is 12.3. The Bertz CT molecular complexity index is 603. The Hall–Kier alpha value is -1.48. The van der Waals surface area contributed by atoms with Gasteiger partial charge in [-0.3, -0.25) is 4.89 Å². The van der Waals surface area contributed by atoms with Crippen LogP contribution in [0.15, 0.2) is 54.6 Å². The lowest BCUT2D eigenvalue weighted by Gasteiger charge is -2.15. The summed E-state index contributed by atoms with van der Waals surface area (Å²) in [6.45, 7) is 0. The molecule has 1 atom stereocenters. The van der Waals surface area contributed by atoms with Crippen molar-refractivity contribution in [3.05, 3.63) is 60.2 Å². The Morgan fingerprint density at radius 3 is 2.35 bits per heavy atom. The molecule has 0 aliphatic heterocycles. The van der Waals surface area contributed by atoms with Crippen LogP contribution in [-0.2, 0) is 11.0 Å². The number of hydrogen-bond donors (Lipinski definition) is 1. The third kappa shape index (κ3) is 4.27. The van der Waals surface area contributed by atoms with E-state index in [0.29, 0.717) is 18.1 Å². The van der Waals surface area contributed by atoms with Crippen LogP contribution in [0.25, 0.3) is 0 Å². The Morgan fingerprint density at radius 1 is 1.00 bits per heavy atom. The number of para-hydroxylation sites is 2. The largest absolute Gasteiger partial charge is 0.584 e. The van der Waals surface area contributed by atoms with Crippen molar-refractivity contribution in [3.63, 3.8) is 0 Å². The lowest BCUT2D eigenvalue weighted by atomic mass is 10.1. The van der Waals surface area contributed by atoms with Gasteiger partial charge >= 0.3 is 7.82 Å². The van der Waals surface area contributed by atoms with E-state index in [1.54, 1.807) is 48.5 Å². The fourth-order valence-electron chi connectivity index (χ4n) is 1.66. The summed E-state index contributed by atoms with van der Waals surface area (Å²) < 4.78 is 22.1. The van der Waals surface area contributed by atoms with Gasteiger partial charge in [0, 0.05) is 5.88 Å². The van der Waals surface area contributed by atoms with E-state index in [9.17, 15) is 9.46 Å². The summed E-state index contributed by atoms with van der Waals surface area (Å²) in [5.41, 5.74) is 0.758. The van der Waals surface area contributed by atoms with Crippen molar-refractivity contribution in [2.75, 3.05) is 5.88 Å². The smallest absolute Gasteiger partial charge is 0.395 e. The molecule has 0 aromatic heterocycles. The number of alkyl halides is 1. The SMILES string of the molecule is O=P(O)(Oc1ccccc1)Oc1ccccc1CCCl. The maximum atomic E-state index is 12.0. The highest BCUT2D eigenvalue weighted by molar-refractivity contribution is 7.48. The molecule has 0 aliphatic rings. The monoisotopic (exact) mass is 312 g/mol. The molecule has 6 heteroatoms. The summed E-state index contributed by atoms with van der Waals surface area (Å²) in [7, 11) is -4.23. The van der Waals surface area contributed by atoms with Gasteiger partial charge < -0.3 is 9.05 Å². The van der Waals surface area contributed by atoms with Gasteiger partial charge in [-0.05, 0) is 30.2 Å². The third-order valence-electron chi connectivity index (χ3n) is 2.51. The Morgan fingerprint density at radius 2 is 1.65 bits per heavy atom. The first-order chi connectivity index (χ1) is 9.61. The Balaban J connectivity index is 2.14. The number of halogens is 1. The third-order valence-corrected chi connectivity index (χ3v) is 3.57. The van der Waals surface area contributed by atoms with Gasteiger partial charge in [-0.2, -0.15) is 0 Å². The lowest BCUT2D eigenvalue weighted by molar-refractivity contribution is 0.290. The highest BCUT2D eigenvalue weighted by Gasteiger charge is 2.26. The van der Waals surface area contributed by atoms with Crippen molar-refractivity contribution in [1.82, 2.24) is 0 Å². The molecular weight excluding hydrogens is 299 g/mol. The average molecular weight is 313 g/mol. The van der Waals surface area contributed by atoms with Crippen LogP contribution in [0.3, 0.4) is 0 Å². The quantitative estimate of drug-likeness (QED) is 0.646. The topological polar surface area (TPSA) is 55.8 Å². The first-order valence-electron chi connectivity index (χ1n) is 6.01. The highest BCUT2D eigenvalue weighted by atomic mass is 35.5. The van der Waals surface area contributed by atoms with Gasteiger partial charge in [-0.15, -0.1) is 11.6 Å². The molecule has 4 nitrogen and oxygen atoms in total. The molecule has 1 unspecified atom stereocenters. The second-order valence-electron chi connectivity index (χ2n) is 4.01. The van der Waals surface area contributed by atoms with Crippen LogP contribution in [-0.4, -0.2) is 10.8 Å². The zero-order valence-electron chi connectivity index (χ0n) is 10.6. The fourth-order valence-corrected chi connectivity index (χ4v) is 2.71. The summed E-state index contributed by atoms with van der Waals surface area (Å²) in [6.07, 6.45) is 0.545. The fraction of sp³-hybridized carbons (Fsp3) is 0.143. The van der Waals surface area contributed by atoms with Crippen LogP contribution in [0.5, 0.6) is 11.5 Å². The minimum Gasteiger partial charge on any atom is -0.395 e. The summed E-state index contributed by atoms with van der Waals surface area (Å²) in [5.74, 6) is 0.971. The molecule has 2 aromatic carbocycles. The maximum Gasteiger partial charge on any atom is 0.584 e. The van der Waals surface area contributed by atoms with Crippen LogP contribution in [0, 0.1) is 0 Å². The van der Waals surface area contributed by atoms with E-state index in [0.717, 1.165) is 5.56 Å². The van der Waals surface area contributed by atoms with Crippen molar-refractivity contribution in [3.8, 4) is 11.5 Å². The molecule has 106 valence electrons. The molecule has 1 N–H and O–H groups in total. The Labute approximate surface area is 122 Å². The van der Waals surface area contributed by atoms with E-state index >= 15 is 0 Å². The zero-order chi connectivity index (χ0) is 14.4. The summed E-state index contributed by atoms with van der Waals surface area (Å²) in [5, 5.41) is 0. The van der Waals surface area contributed by atoms with Crippen LogP contribution in [0.1, 0.15) is 5.56 Å². The Kier molecular flexibility index (Phi) is 5.07. The van der Waals surface area contributed by atoms with Gasteiger partial charge in [-0.1, -0.05) is 36.4 Å². The first kappa shape index (κ1) is 14.9. The molecule has 2 aromatic rings. The van der Waals surface area contributed by atoms with E-state index < -0.39 is 7.82 Å². The van der Waals surface area contributed by atoms with Gasteiger partial charge in [0.1, 0.15) is 11.5 Å². The van der Waals surface area contributed by atoms with E-state index in [-0.39, 0.29) is 5.75 Å². The number of phosphoric ester groups is 1. The minimum absolute atomic E-state index is 0.271. The van der Waals surface area contributed by atoms with Gasteiger partial charge in [0.25, 0.3) is 0 Å². The molecule has 0 saturated heterocycles. The maximum absolute atomic E-state index is 12.0. The number of hydrogen-bond acceptors (Lipinski definition) is 3. The molecule has 0 heterocycles. The molecule has 20 heavy (non-hydrogen) atoms. The van der Waals surface area contributed by atoms with Gasteiger partial charge in [0.2, 0.25) is 0 Å². The van der Waals surface area contributed by atoms with Gasteiger partial charge in [-0.25, -0.2) is 4.57 Å². The number of benzene rings is 2. The van der Waals surface area contributed by atoms with E-state index in [4.69, 9.17) is 20.6 Å². The molecule has 0 fully saturated rings. The second-order valence-corrected chi connectivity index (χ2v) is 5.69. The van der Waals surface area contributed by atoms with Crippen LogP contribution < -0.4 is 9.05 Å². The van der Waals surface area contributed by atoms with E-state index in [1.165, 1.54) is 0 Å². The number of aryl methyl sites for hydroxylation is 1. The molecule has 0 bridgehead atoms. The molecule has 2 rings (SSSR count). The van der Waals surface area contributed by atoms with E-state index in [1.807, 2.05) is 6.07 Å². The lowest BCUT2D eigenvalue weighted by Crippen LogP contribution is -2.02. The summed E-state index contributed by atoms with van der Waals surface area (Å²) in [4.78, 5) is 9.79. The van der Waals surface area contributed by atoms with Crippen molar-refractivity contribution in [2.24, 2.45) is 0 Å². The van der Waals surface area contributed by atoms with Crippen LogP contribution in [0.2, 0.25) is 0 Å². The predicted octanol–water partition coefficient (Wildman–Crippen LogP) is 4.03. The first-order valence-corrected chi connectivity index (χ1v) is 8.04. The summed E-state index contributed by atoms with van der Waals surface area (Å²) in [6, 6.07) is 15.3. The van der Waals surface area contributed by atoms with E-state index in [2.05, 4.69) is 0 Å². The summed E-state index contributed by atoms with van der Waals surface area (Å²) >= 11 is 5.69. The van der Waals surface area contributed by atoms with Crippen molar-refractivity contribution >= 4 is 19.4 Å². The van der Waals surface area contributed by atoms with Crippen molar-refractivity contribution in [2.45, 2.75) is 6.42 Å². The van der Waals surface area contributed by atoms with Crippen molar-refractivity contribution in [1.29, 1.82) is 0 Å². The minimum atomic E-state index is -4.23. The molecule has 0 amide bonds. The average Bonchev–Trinajstić information content (AvgIpc) is 2.41. The normalized spacial score (nSPS) is 13.5. The van der Waals surface area contributed by atoms with Gasteiger partial charge in [0.15, 0.2) is 0 Å². The van der Waals surface area contributed by atoms with Crippen molar-refractivity contribution < 1.29 is 18.5 Å². The van der Waals surface area contributed by atoms with Crippen LogP contribution in [0.4, 0.5) is 0 Å². The highest BCUT2D eigenvalue weighted by Crippen LogP contribution is 2.45. The second kappa shape index (κ2) is 6.80. The predicted molar refractivity (Wildman–Crippen MR) is 78.4 cm³/mol. The molecule has 0 saturated carbocycles. The molecule has 0 radical (unpaired) electrons.